The summed E-state index contributed by atoms with van der Waals surface area (Å²) in [5.41, 5.74) is 0.873. The molecule has 0 aromatic heterocycles. The number of hydrogen-bond acceptors (Lipinski definition) is 5. The first-order valence-corrected chi connectivity index (χ1v) is 15.9. The van der Waals surface area contributed by atoms with E-state index in [9.17, 15) is 23.1 Å². The Balaban J connectivity index is 0.00000684. The van der Waals surface area contributed by atoms with E-state index >= 15 is 0 Å². The molecule has 0 spiro atoms. The molecule has 2 unspecified atom stereocenters. The van der Waals surface area contributed by atoms with Gasteiger partial charge in [0.25, 0.3) is 5.69 Å². The maximum Gasteiger partial charge on any atom is 1.00 e. The molecule has 0 saturated heterocycles. The van der Waals surface area contributed by atoms with Crippen LogP contribution in [0.1, 0.15) is 153 Å². The van der Waals surface area contributed by atoms with Crippen molar-refractivity contribution in [2.75, 3.05) is 0 Å². The fourth-order valence-corrected chi connectivity index (χ4v) is 7.31. The number of nitrogens with zero attached hydrogens (tertiary/aromatic N) is 1. The van der Waals surface area contributed by atoms with Crippen LogP contribution in [0.5, 0.6) is 0 Å². The van der Waals surface area contributed by atoms with Crippen LogP contribution in [0.15, 0.2) is 18.2 Å². The molecular weight excluding hydrogens is 497 g/mol. The monoisotopic (exact) mass is 545 g/mol. The summed E-state index contributed by atoms with van der Waals surface area (Å²) in [5, 5.41) is 11.8. The molecule has 0 saturated carbocycles. The first-order valence-electron chi connectivity index (χ1n) is 14.5. The number of rotatable bonds is 20. The molecule has 1 aromatic carbocycles. The van der Waals surface area contributed by atoms with Crippen LogP contribution in [0.4, 0.5) is 5.69 Å². The summed E-state index contributed by atoms with van der Waals surface area (Å²) >= 11 is 0. The molecule has 0 fully saturated rings. The largest absolute Gasteiger partial charge is 1.00 e. The van der Waals surface area contributed by atoms with E-state index in [1.165, 1.54) is 63.9 Å². The van der Waals surface area contributed by atoms with Gasteiger partial charge in [-0.15, -0.1) is 0 Å². The van der Waals surface area contributed by atoms with E-state index in [2.05, 4.69) is 13.8 Å². The molecule has 0 aliphatic heterocycles. The number of unbranched alkanes of at least 4 members (excludes halogenated alkanes) is 14. The standard InChI is InChI=1S/C29H49NO5S.Na/c1-3-5-7-9-11-12-13-14-16-18-23-29(36(33,34)35)24-25(20-17-15-10-8-6-4-2)28-26(29)21-19-22-27(28)30(31)32;/h19,21-22,25H,3-18,20,23-24H2,1-2H3,(H,33,34,35);/q;+1/p-1. The topological polar surface area (TPSA) is 100 Å². The van der Waals surface area contributed by atoms with Crippen LogP contribution >= 0.6 is 0 Å². The van der Waals surface area contributed by atoms with Crippen LogP contribution < -0.4 is 29.6 Å². The average molecular weight is 546 g/mol. The van der Waals surface area contributed by atoms with E-state index in [0.717, 1.165) is 38.5 Å². The van der Waals surface area contributed by atoms with Crippen molar-refractivity contribution in [1.29, 1.82) is 0 Å². The molecule has 0 heterocycles. The van der Waals surface area contributed by atoms with Gasteiger partial charge in [0.15, 0.2) is 0 Å². The minimum Gasteiger partial charge on any atom is -0.747 e. The van der Waals surface area contributed by atoms with Gasteiger partial charge >= 0.3 is 29.6 Å². The van der Waals surface area contributed by atoms with Gasteiger partial charge in [-0.1, -0.05) is 129 Å². The second-order valence-corrected chi connectivity index (χ2v) is 12.5. The quantitative estimate of drug-likeness (QED) is 0.0669. The molecule has 0 N–H and O–H groups in total. The van der Waals surface area contributed by atoms with Gasteiger partial charge in [-0.3, -0.25) is 10.1 Å². The molecule has 0 amide bonds. The Morgan fingerprint density at radius 3 is 1.81 bits per heavy atom. The van der Waals surface area contributed by atoms with Crippen molar-refractivity contribution in [2.24, 2.45) is 0 Å². The van der Waals surface area contributed by atoms with Crippen molar-refractivity contribution in [3.05, 3.63) is 39.4 Å². The summed E-state index contributed by atoms with van der Waals surface area (Å²) in [4.78, 5) is 11.4. The Morgan fingerprint density at radius 2 is 1.32 bits per heavy atom. The van der Waals surface area contributed by atoms with Crippen molar-refractivity contribution in [3.8, 4) is 0 Å². The van der Waals surface area contributed by atoms with Gasteiger partial charge in [0.05, 0.1) is 9.67 Å². The molecule has 1 aliphatic carbocycles. The van der Waals surface area contributed by atoms with Crippen LogP contribution in [0, 0.1) is 10.1 Å². The van der Waals surface area contributed by atoms with Gasteiger partial charge < -0.3 is 4.55 Å². The zero-order chi connectivity index (χ0) is 26.4. The van der Waals surface area contributed by atoms with E-state index in [1.807, 2.05) is 0 Å². The van der Waals surface area contributed by atoms with Crippen LogP contribution in [0.3, 0.4) is 0 Å². The third-order valence-corrected chi connectivity index (χ3v) is 9.62. The summed E-state index contributed by atoms with van der Waals surface area (Å²) in [6, 6.07) is 4.67. The summed E-state index contributed by atoms with van der Waals surface area (Å²) in [6.07, 6.45) is 19.0. The second-order valence-electron chi connectivity index (χ2n) is 10.8. The molecule has 37 heavy (non-hydrogen) atoms. The molecule has 1 aliphatic rings. The van der Waals surface area contributed by atoms with Crippen LogP contribution in [0.25, 0.3) is 0 Å². The molecule has 206 valence electrons. The van der Waals surface area contributed by atoms with Crippen LogP contribution in [0.2, 0.25) is 0 Å². The number of benzene rings is 1. The number of nitro benzene ring substituents is 1. The zero-order valence-electron chi connectivity index (χ0n) is 23.6. The Labute approximate surface area is 248 Å². The maximum absolute atomic E-state index is 12.8. The minimum atomic E-state index is -4.68. The number of fused-ring (bicyclic) bond motifs is 1. The second kappa shape index (κ2) is 18.0. The zero-order valence-corrected chi connectivity index (χ0v) is 26.5. The number of hydrogen-bond donors (Lipinski definition) is 0. The molecule has 0 bridgehead atoms. The summed E-state index contributed by atoms with van der Waals surface area (Å²) in [7, 11) is -4.68. The van der Waals surface area contributed by atoms with Gasteiger partial charge in [0.2, 0.25) is 0 Å². The summed E-state index contributed by atoms with van der Waals surface area (Å²) in [6.45, 7) is 4.39. The summed E-state index contributed by atoms with van der Waals surface area (Å²) in [5.74, 6) is -0.250. The molecule has 6 nitrogen and oxygen atoms in total. The molecule has 8 heteroatoms. The molecular formula is C29H48NNaO5S. The van der Waals surface area contributed by atoms with Crippen molar-refractivity contribution in [1.82, 2.24) is 0 Å². The van der Waals surface area contributed by atoms with Gasteiger partial charge in [0, 0.05) is 11.6 Å². The first kappa shape index (κ1) is 34.6. The van der Waals surface area contributed by atoms with Crippen molar-refractivity contribution >= 4 is 15.8 Å². The number of nitro groups is 1. The molecule has 0 radical (unpaired) electrons. The Morgan fingerprint density at radius 1 is 0.838 bits per heavy atom. The van der Waals surface area contributed by atoms with Gasteiger partial charge in [-0.2, -0.15) is 0 Å². The van der Waals surface area contributed by atoms with E-state index in [1.54, 1.807) is 12.1 Å². The van der Waals surface area contributed by atoms with Gasteiger partial charge in [0.1, 0.15) is 10.1 Å². The van der Waals surface area contributed by atoms with Gasteiger partial charge in [-0.05, 0) is 30.7 Å². The maximum atomic E-state index is 12.8. The Bertz CT molecular complexity index is 908. The van der Waals surface area contributed by atoms with Crippen molar-refractivity contribution in [2.45, 2.75) is 147 Å². The predicted molar refractivity (Wildman–Crippen MR) is 146 cm³/mol. The van der Waals surface area contributed by atoms with E-state index in [4.69, 9.17) is 0 Å². The fraction of sp³-hybridized carbons (Fsp3) is 0.793. The van der Waals surface area contributed by atoms with Gasteiger partial charge in [-0.25, -0.2) is 8.42 Å². The first-order chi connectivity index (χ1) is 17.3. The third kappa shape index (κ3) is 10.2. The normalized spacial score (nSPS) is 18.9. The Kier molecular flexibility index (Phi) is 16.8. The smallest absolute Gasteiger partial charge is 0.747 e. The van der Waals surface area contributed by atoms with E-state index in [0.29, 0.717) is 24.0 Å². The third-order valence-electron chi connectivity index (χ3n) is 8.07. The van der Waals surface area contributed by atoms with Crippen LogP contribution in [-0.2, 0) is 14.9 Å². The predicted octanol–water partition coefficient (Wildman–Crippen LogP) is 5.89. The van der Waals surface area contributed by atoms with E-state index < -0.39 is 19.8 Å². The van der Waals surface area contributed by atoms with Crippen molar-refractivity contribution in [3.63, 3.8) is 0 Å². The molecule has 2 atom stereocenters. The minimum absolute atomic E-state index is 0. The Hall–Kier alpha value is -0.470. The average Bonchev–Trinajstić information content (AvgIpc) is 3.17. The summed E-state index contributed by atoms with van der Waals surface area (Å²) < 4.78 is 36.7. The van der Waals surface area contributed by atoms with Crippen LogP contribution in [-0.4, -0.2) is 17.9 Å². The molecule has 1 aromatic rings. The fourth-order valence-electron chi connectivity index (χ4n) is 6.06. The van der Waals surface area contributed by atoms with E-state index in [-0.39, 0.29) is 54.0 Å². The molecule has 2 rings (SSSR count). The SMILES string of the molecule is CCCCCCCCCCCCC1(S(=O)(=O)[O-])CC(CCCCCCCC)c2c([N+](=O)[O-])cccc21.[Na+]. The van der Waals surface area contributed by atoms with Crippen molar-refractivity contribution < 1.29 is 47.5 Å².